The number of nitrogens with one attached hydrogen (secondary N) is 1. The molecule has 3 heteroatoms. The summed E-state index contributed by atoms with van der Waals surface area (Å²) in [5.41, 5.74) is 1.19. The molecule has 3 aromatic rings. The van der Waals surface area contributed by atoms with E-state index in [0.29, 0.717) is 0 Å². The van der Waals surface area contributed by atoms with Crippen molar-refractivity contribution in [3.8, 4) is 5.75 Å². The van der Waals surface area contributed by atoms with Crippen LogP contribution in [0.15, 0.2) is 67.0 Å². The molecule has 3 rings (SSSR count). The molecule has 0 unspecified atom stereocenters. The predicted octanol–water partition coefficient (Wildman–Crippen LogP) is 3.96. The second-order valence-corrected chi connectivity index (χ2v) is 5.27. The Morgan fingerprint density at radius 3 is 2.59 bits per heavy atom. The van der Waals surface area contributed by atoms with E-state index < -0.39 is 0 Å². The summed E-state index contributed by atoms with van der Waals surface area (Å²) in [6.45, 7) is 0.901. The first-order valence-corrected chi connectivity index (χ1v) is 7.57. The second kappa shape index (κ2) is 7.05. The highest BCUT2D eigenvalue weighted by atomic mass is 16.5. The molecular weight excluding hydrogens is 272 g/mol. The molecule has 0 spiro atoms. The molecule has 2 aromatic carbocycles. The Morgan fingerprint density at radius 2 is 1.77 bits per heavy atom. The fraction of sp³-hybridized carbons (Fsp3) is 0.211. The summed E-state index contributed by atoms with van der Waals surface area (Å²) < 4.78 is 6.31. The van der Waals surface area contributed by atoms with Gasteiger partial charge < -0.3 is 10.1 Å². The van der Waals surface area contributed by atoms with E-state index in [1.54, 1.807) is 6.20 Å². The minimum Gasteiger partial charge on any atom is -0.483 e. The van der Waals surface area contributed by atoms with E-state index >= 15 is 0 Å². The highest BCUT2D eigenvalue weighted by molar-refractivity contribution is 5.87. The summed E-state index contributed by atoms with van der Waals surface area (Å²) in [6.07, 6.45) is 4.59. The van der Waals surface area contributed by atoms with Gasteiger partial charge in [0.05, 0.1) is 6.20 Å². The van der Waals surface area contributed by atoms with Gasteiger partial charge in [0.1, 0.15) is 11.9 Å². The van der Waals surface area contributed by atoms with Crippen LogP contribution >= 0.6 is 0 Å². The molecule has 0 saturated carbocycles. The van der Waals surface area contributed by atoms with E-state index in [1.807, 2.05) is 43.6 Å². The van der Waals surface area contributed by atoms with Gasteiger partial charge in [-0.2, -0.15) is 0 Å². The number of aromatic nitrogens is 1. The number of pyridine rings is 1. The van der Waals surface area contributed by atoms with Gasteiger partial charge in [0.15, 0.2) is 0 Å². The van der Waals surface area contributed by atoms with Crippen LogP contribution in [0, 0.1) is 0 Å². The summed E-state index contributed by atoms with van der Waals surface area (Å²) in [5, 5.41) is 5.39. The van der Waals surface area contributed by atoms with Gasteiger partial charge in [-0.15, -0.1) is 0 Å². The third-order valence-electron chi connectivity index (χ3n) is 3.73. The Morgan fingerprint density at radius 1 is 1.00 bits per heavy atom. The van der Waals surface area contributed by atoms with Crippen molar-refractivity contribution >= 4 is 10.8 Å². The van der Waals surface area contributed by atoms with Crippen LogP contribution in [0.3, 0.4) is 0 Å². The number of nitrogens with zero attached hydrogens (tertiary/aromatic N) is 1. The van der Waals surface area contributed by atoms with Crippen LogP contribution in [0.5, 0.6) is 5.75 Å². The Labute approximate surface area is 131 Å². The molecule has 0 radical (unpaired) electrons. The first-order valence-electron chi connectivity index (χ1n) is 7.57. The average Bonchev–Trinajstić information content (AvgIpc) is 2.59. The van der Waals surface area contributed by atoms with Gasteiger partial charge >= 0.3 is 0 Å². The quantitative estimate of drug-likeness (QED) is 0.746. The van der Waals surface area contributed by atoms with E-state index in [-0.39, 0.29) is 6.10 Å². The van der Waals surface area contributed by atoms with Gasteiger partial charge in [0.25, 0.3) is 0 Å². The largest absolute Gasteiger partial charge is 0.483 e. The summed E-state index contributed by atoms with van der Waals surface area (Å²) in [7, 11) is 1.96. The number of rotatable bonds is 6. The Kier molecular flexibility index (Phi) is 4.66. The van der Waals surface area contributed by atoms with Gasteiger partial charge in [-0.3, -0.25) is 4.98 Å². The normalized spacial score (nSPS) is 12.2. The van der Waals surface area contributed by atoms with Crippen LogP contribution in [0.4, 0.5) is 0 Å². The van der Waals surface area contributed by atoms with Crippen molar-refractivity contribution in [1.29, 1.82) is 0 Å². The molecule has 0 aliphatic rings. The van der Waals surface area contributed by atoms with Gasteiger partial charge in [0, 0.05) is 23.4 Å². The summed E-state index contributed by atoms with van der Waals surface area (Å²) >= 11 is 0. The number of ether oxygens (including phenoxy) is 1. The van der Waals surface area contributed by atoms with Gasteiger partial charge in [-0.1, -0.05) is 54.6 Å². The standard InChI is InChI=1S/C19H20N2O/c1-20-12-11-18(15-7-3-2-4-8-15)22-19-14-21-13-16-9-5-6-10-17(16)19/h2-10,13-14,18,20H,11-12H2,1H3/t18-/m0/s1. The van der Waals surface area contributed by atoms with E-state index in [9.17, 15) is 0 Å². The predicted molar refractivity (Wildman–Crippen MR) is 90.1 cm³/mol. The van der Waals surface area contributed by atoms with E-state index in [2.05, 4.69) is 34.6 Å². The Balaban J connectivity index is 1.92. The van der Waals surface area contributed by atoms with Crippen molar-refractivity contribution in [2.45, 2.75) is 12.5 Å². The molecule has 0 aliphatic carbocycles. The minimum atomic E-state index is 0.0151. The number of hydrogen-bond donors (Lipinski definition) is 1. The van der Waals surface area contributed by atoms with Crippen molar-refractivity contribution in [1.82, 2.24) is 10.3 Å². The average molecular weight is 292 g/mol. The SMILES string of the molecule is CNCC[C@H](Oc1cncc2ccccc12)c1ccccc1. The number of benzene rings is 2. The minimum absolute atomic E-state index is 0.0151. The Bertz CT molecular complexity index is 722. The number of hydrogen-bond acceptors (Lipinski definition) is 3. The van der Waals surface area contributed by atoms with Gasteiger partial charge in [-0.25, -0.2) is 0 Å². The second-order valence-electron chi connectivity index (χ2n) is 5.27. The molecule has 3 nitrogen and oxygen atoms in total. The van der Waals surface area contributed by atoms with Gasteiger partial charge in [-0.05, 0) is 19.2 Å². The highest BCUT2D eigenvalue weighted by Gasteiger charge is 2.14. The molecule has 112 valence electrons. The number of fused-ring (bicyclic) bond motifs is 1. The van der Waals surface area contributed by atoms with Crippen LogP contribution in [0.2, 0.25) is 0 Å². The maximum Gasteiger partial charge on any atom is 0.146 e. The fourth-order valence-electron chi connectivity index (χ4n) is 2.57. The molecular formula is C19H20N2O. The molecule has 0 amide bonds. The summed E-state index contributed by atoms with van der Waals surface area (Å²) in [4.78, 5) is 4.30. The van der Waals surface area contributed by atoms with Crippen LogP contribution in [-0.2, 0) is 0 Å². The van der Waals surface area contributed by atoms with Crippen molar-refractivity contribution in [2.24, 2.45) is 0 Å². The topological polar surface area (TPSA) is 34.1 Å². The van der Waals surface area contributed by atoms with Crippen LogP contribution in [-0.4, -0.2) is 18.6 Å². The molecule has 0 bridgehead atoms. The highest BCUT2D eigenvalue weighted by Crippen LogP contribution is 2.30. The zero-order valence-electron chi connectivity index (χ0n) is 12.7. The fourth-order valence-corrected chi connectivity index (χ4v) is 2.57. The molecule has 1 heterocycles. The molecule has 0 aliphatic heterocycles. The third kappa shape index (κ3) is 3.26. The molecule has 22 heavy (non-hydrogen) atoms. The van der Waals surface area contributed by atoms with Gasteiger partial charge in [0.2, 0.25) is 0 Å². The smallest absolute Gasteiger partial charge is 0.146 e. The Hall–Kier alpha value is -2.39. The molecule has 0 saturated heterocycles. The molecule has 0 fully saturated rings. The first-order chi connectivity index (χ1) is 10.9. The lowest BCUT2D eigenvalue weighted by Crippen LogP contribution is -2.16. The lowest BCUT2D eigenvalue weighted by molar-refractivity contribution is 0.197. The van der Waals surface area contributed by atoms with E-state index in [4.69, 9.17) is 4.74 Å². The zero-order chi connectivity index (χ0) is 15.2. The molecule has 1 N–H and O–H groups in total. The maximum atomic E-state index is 6.31. The first kappa shape index (κ1) is 14.5. The zero-order valence-corrected chi connectivity index (χ0v) is 12.7. The van der Waals surface area contributed by atoms with Crippen molar-refractivity contribution < 1.29 is 4.74 Å². The van der Waals surface area contributed by atoms with Crippen molar-refractivity contribution in [3.05, 3.63) is 72.6 Å². The summed E-state index contributed by atoms with van der Waals surface area (Å²) in [5.74, 6) is 0.836. The lowest BCUT2D eigenvalue weighted by Gasteiger charge is -2.20. The van der Waals surface area contributed by atoms with Crippen molar-refractivity contribution in [2.75, 3.05) is 13.6 Å². The van der Waals surface area contributed by atoms with Crippen LogP contribution in [0.25, 0.3) is 10.8 Å². The monoisotopic (exact) mass is 292 g/mol. The summed E-state index contributed by atoms with van der Waals surface area (Å²) in [6, 6.07) is 18.5. The molecule has 1 aromatic heterocycles. The third-order valence-corrected chi connectivity index (χ3v) is 3.73. The lowest BCUT2D eigenvalue weighted by atomic mass is 10.1. The van der Waals surface area contributed by atoms with Crippen LogP contribution < -0.4 is 10.1 Å². The van der Waals surface area contributed by atoms with Crippen LogP contribution in [0.1, 0.15) is 18.1 Å². The van der Waals surface area contributed by atoms with E-state index in [1.165, 1.54) is 5.56 Å². The van der Waals surface area contributed by atoms with E-state index in [0.717, 1.165) is 29.5 Å². The van der Waals surface area contributed by atoms with Crippen molar-refractivity contribution in [3.63, 3.8) is 0 Å². The molecule has 1 atom stereocenters. The maximum absolute atomic E-state index is 6.31.